The highest BCUT2D eigenvalue weighted by Gasteiger charge is 2.36. The van der Waals surface area contributed by atoms with E-state index < -0.39 is 0 Å². The minimum atomic E-state index is 0.826. The zero-order valence-corrected chi connectivity index (χ0v) is 7.47. The Kier molecular flexibility index (Phi) is 2.14. The quantitative estimate of drug-likeness (QED) is 0.428. The van der Waals surface area contributed by atoms with Gasteiger partial charge in [-0.3, -0.25) is 0 Å². The van der Waals surface area contributed by atoms with Crippen LogP contribution in [0.1, 0.15) is 13.8 Å². The molecule has 0 spiro atoms. The van der Waals surface area contributed by atoms with Crippen molar-refractivity contribution in [3.63, 3.8) is 0 Å². The van der Waals surface area contributed by atoms with Gasteiger partial charge in [0.15, 0.2) is 0 Å². The standard InChI is InChI=1S/C6H12IN/c1-4(2)6-5(3-7)8-6/h4-6,8H,3H2,1-2H3/t5-,6?/m1/s1. The molecule has 0 aliphatic carbocycles. The van der Waals surface area contributed by atoms with Crippen molar-refractivity contribution in [1.29, 1.82) is 0 Å². The van der Waals surface area contributed by atoms with Gasteiger partial charge in [0.05, 0.1) is 0 Å². The maximum atomic E-state index is 3.41. The summed E-state index contributed by atoms with van der Waals surface area (Å²) in [6.07, 6.45) is 0. The normalized spacial score (nSPS) is 36.0. The summed E-state index contributed by atoms with van der Waals surface area (Å²) in [7, 11) is 0. The Morgan fingerprint density at radius 3 is 2.38 bits per heavy atom. The fraction of sp³-hybridized carbons (Fsp3) is 1.00. The molecule has 1 rings (SSSR count). The Bertz CT molecular complexity index is 82.6. The smallest absolute Gasteiger partial charge is 0.0316 e. The summed E-state index contributed by atoms with van der Waals surface area (Å²) in [4.78, 5) is 0. The van der Waals surface area contributed by atoms with Crippen LogP contribution in [-0.4, -0.2) is 16.5 Å². The molecule has 1 saturated heterocycles. The second kappa shape index (κ2) is 2.52. The first kappa shape index (κ1) is 6.81. The van der Waals surface area contributed by atoms with Crippen LogP contribution in [0.25, 0.3) is 0 Å². The van der Waals surface area contributed by atoms with E-state index in [0.717, 1.165) is 18.0 Å². The van der Waals surface area contributed by atoms with Crippen molar-refractivity contribution >= 4 is 22.6 Å². The lowest BCUT2D eigenvalue weighted by Crippen LogP contribution is -2.02. The van der Waals surface area contributed by atoms with Gasteiger partial charge in [0.1, 0.15) is 0 Å². The van der Waals surface area contributed by atoms with E-state index in [9.17, 15) is 0 Å². The summed E-state index contributed by atoms with van der Waals surface area (Å²) in [6, 6.07) is 1.66. The van der Waals surface area contributed by atoms with Gasteiger partial charge in [-0.25, -0.2) is 0 Å². The molecule has 1 nitrogen and oxygen atoms in total. The van der Waals surface area contributed by atoms with Gasteiger partial charge in [0.25, 0.3) is 0 Å². The number of hydrogen-bond donors (Lipinski definition) is 1. The first-order chi connectivity index (χ1) is 3.75. The summed E-state index contributed by atoms with van der Waals surface area (Å²) in [5, 5.41) is 3.41. The first-order valence-electron chi connectivity index (χ1n) is 3.07. The molecule has 1 N–H and O–H groups in total. The fourth-order valence-corrected chi connectivity index (χ4v) is 1.79. The molecule has 0 amide bonds. The lowest BCUT2D eigenvalue weighted by molar-refractivity contribution is 0.622. The van der Waals surface area contributed by atoms with Gasteiger partial charge in [-0.1, -0.05) is 36.4 Å². The zero-order valence-electron chi connectivity index (χ0n) is 5.32. The minimum absolute atomic E-state index is 0.826. The van der Waals surface area contributed by atoms with E-state index in [1.54, 1.807) is 0 Å². The number of rotatable bonds is 2. The first-order valence-corrected chi connectivity index (χ1v) is 4.60. The van der Waals surface area contributed by atoms with Crippen LogP contribution in [0, 0.1) is 5.92 Å². The van der Waals surface area contributed by atoms with Crippen molar-refractivity contribution in [1.82, 2.24) is 5.32 Å². The van der Waals surface area contributed by atoms with Crippen molar-refractivity contribution in [2.24, 2.45) is 5.92 Å². The van der Waals surface area contributed by atoms with Gasteiger partial charge in [0.2, 0.25) is 0 Å². The molecule has 1 heterocycles. The van der Waals surface area contributed by atoms with Gasteiger partial charge >= 0.3 is 0 Å². The van der Waals surface area contributed by atoms with Crippen molar-refractivity contribution in [2.75, 3.05) is 4.43 Å². The van der Waals surface area contributed by atoms with E-state index in [4.69, 9.17) is 0 Å². The monoisotopic (exact) mass is 225 g/mol. The van der Waals surface area contributed by atoms with Crippen LogP contribution >= 0.6 is 22.6 Å². The molecule has 0 radical (unpaired) electrons. The van der Waals surface area contributed by atoms with Crippen LogP contribution in [-0.2, 0) is 0 Å². The Morgan fingerprint density at radius 2 is 2.25 bits per heavy atom. The third-order valence-corrected chi connectivity index (χ3v) is 2.56. The van der Waals surface area contributed by atoms with Crippen molar-refractivity contribution < 1.29 is 0 Å². The van der Waals surface area contributed by atoms with E-state index in [1.165, 1.54) is 4.43 Å². The van der Waals surface area contributed by atoms with Gasteiger partial charge in [0, 0.05) is 16.5 Å². The molecule has 2 heteroatoms. The largest absolute Gasteiger partial charge is 0.307 e. The molecule has 0 saturated carbocycles. The number of nitrogens with one attached hydrogen (secondary N) is 1. The Hall–Kier alpha value is 0.690. The molecule has 1 aliphatic rings. The third kappa shape index (κ3) is 1.35. The molecule has 0 aromatic carbocycles. The van der Waals surface area contributed by atoms with Gasteiger partial charge in [-0.2, -0.15) is 0 Å². The SMILES string of the molecule is CC(C)C1N[C@@H]1CI. The molecule has 2 atom stereocenters. The molecule has 0 bridgehead atoms. The maximum Gasteiger partial charge on any atom is 0.0316 e. The Morgan fingerprint density at radius 1 is 1.62 bits per heavy atom. The predicted octanol–water partition coefficient (Wildman–Crippen LogP) is 1.42. The average molecular weight is 225 g/mol. The maximum absolute atomic E-state index is 3.41. The highest BCUT2D eigenvalue weighted by molar-refractivity contribution is 14.1. The second-order valence-electron chi connectivity index (χ2n) is 2.70. The summed E-state index contributed by atoms with van der Waals surface area (Å²) in [5.41, 5.74) is 0. The van der Waals surface area contributed by atoms with Crippen LogP contribution in [0.5, 0.6) is 0 Å². The van der Waals surface area contributed by atoms with E-state index in [1.807, 2.05) is 0 Å². The Labute approximate surface area is 64.4 Å². The third-order valence-electron chi connectivity index (χ3n) is 1.62. The van der Waals surface area contributed by atoms with Crippen LogP contribution in [0.4, 0.5) is 0 Å². The van der Waals surface area contributed by atoms with Crippen LogP contribution in [0.2, 0.25) is 0 Å². The van der Waals surface area contributed by atoms with E-state index >= 15 is 0 Å². The molecule has 1 aliphatic heterocycles. The van der Waals surface area contributed by atoms with Crippen molar-refractivity contribution in [3.05, 3.63) is 0 Å². The Balaban J connectivity index is 2.16. The second-order valence-corrected chi connectivity index (χ2v) is 3.58. The van der Waals surface area contributed by atoms with E-state index in [2.05, 4.69) is 41.8 Å². The molecule has 1 unspecified atom stereocenters. The molecule has 8 heavy (non-hydrogen) atoms. The summed E-state index contributed by atoms with van der Waals surface area (Å²) in [5.74, 6) is 0.828. The number of hydrogen-bond acceptors (Lipinski definition) is 1. The zero-order chi connectivity index (χ0) is 6.15. The molecular formula is C6H12IN. The molecule has 0 aromatic heterocycles. The van der Waals surface area contributed by atoms with Crippen molar-refractivity contribution in [2.45, 2.75) is 25.9 Å². The van der Waals surface area contributed by atoms with E-state index in [-0.39, 0.29) is 0 Å². The number of alkyl halides is 1. The highest BCUT2D eigenvalue weighted by Crippen LogP contribution is 2.20. The highest BCUT2D eigenvalue weighted by atomic mass is 127. The molecule has 0 aromatic rings. The van der Waals surface area contributed by atoms with Gasteiger partial charge in [-0.05, 0) is 5.92 Å². The van der Waals surface area contributed by atoms with E-state index in [0.29, 0.717) is 0 Å². The predicted molar refractivity (Wildman–Crippen MR) is 44.4 cm³/mol. The van der Waals surface area contributed by atoms with Gasteiger partial charge in [-0.15, -0.1) is 0 Å². The van der Waals surface area contributed by atoms with Crippen LogP contribution in [0.3, 0.4) is 0 Å². The van der Waals surface area contributed by atoms with Gasteiger partial charge < -0.3 is 5.32 Å². The number of halogens is 1. The lowest BCUT2D eigenvalue weighted by Gasteiger charge is -1.95. The average Bonchev–Trinajstić information content (AvgIpc) is 2.42. The summed E-state index contributed by atoms with van der Waals surface area (Å²) >= 11 is 2.43. The van der Waals surface area contributed by atoms with Crippen LogP contribution < -0.4 is 5.32 Å². The molecule has 48 valence electrons. The molecule has 1 fully saturated rings. The summed E-state index contributed by atoms with van der Waals surface area (Å²) < 4.78 is 1.26. The fourth-order valence-electron chi connectivity index (χ4n) is 0.989. The lowest BCUT2D eigenvalue weighted by atomic mass is 10.1. The summed E-state index contributed by atoms with van der Waals surface area (Å²) in [6.45, 7) is 4.54. The van der Waals surface area contributed by atoms with Crippen molar-refractivity contribution in [3.8, 4) is 0 Å². The molecular weight excluding hydrogens is 213 g/mol. The minimum Gasteiger partial charge on any atom is -0.307 e. The topological polar surface area (TPSA) is 21.9 Å². The van der Waals surface area contributed by atoms with Crippen LogP contribution in [0.15, 0.2) is 0 Å².